The Morgan fingerprint density at radius 1 is 1.23 bits per heavy atom. The van der Waals surface area contributed by atoms with Gasteiger partial charge in [-0.25, -0.2) is 0 Å². The van der Waals surface area contributed by atoms with Gasteiger partial charge in [0.2, 0.25) is 0 Å². The molecule has 0 spiro atoms. The molecule has 6 heteroatoms. The Labute approximate surface area is 200 Å². The van der Waals surface area contributed by atoms with Crippen molar-refractivity contribution in [2.75, 3.05) is 13.1 Å². The number of alkyl halides is 3. The summed E-state index contributed by atoms with van der Waals surface area (Å²) in [5.41, 5.74) is 0.980. The summed E-state index contributed by atoms with van der Waals surface area (Å²) in [4.78, 5) is 1.92. The number of β-amino-alcohol motifs (C(OH)–C–C–N with tert-alkyl or cyclic N) is 1. The Morgan fingerprint density at radius 2 is 1.93 bits per heavy atom. The van der Waals surface area contributed by atoms with Crippen LogP contribution in [-0.4, -0.2) is 29.2 Å². The number of hydrogen-bond donors (Lipinski definition) is 1. The van der Waals surface area contributed by atoms with Crippen molar-refractivity contribution in [2.45, 2.75) is 25.6 Å². The van der Waals surface area contributed by atoms with Crippen LogP contribution in [0.1, 0.15) is 24.5 Å². The maximum Gasteiger partial charge on any atom is 2.00 e. The van der Waals surface area contributed by atoms with Crippen molar-refractivity contribution in [3.63, 3.8) is 0 Å². The molecule has 0 aromatic heterocycles. The molecule has 2 aromatic carbocycles. The van der Waals surface area contributed by atoms with Crippen LogP contribution in [0, 0.1) is 56.8 Å². The zero-order chi connectivity index (χ0) is 20.1. The van der Waals surface area contributed by atoms with Crippen molar-refractivity contribution in [1.29, 1.82) is 0 Å². The molecule has 0 saturated carbocycles. The summed E-state index contributed by atoms with van der Waals surface area (Å²) in [6, 6.07) is 12.7. The molecule has 1 aliphatic heterocycles. The van der Waals surface area contributed by atoms with E-state index in [1.165, 1.54) is 6.07 Å². The zero-order valence-corrected chi connectivity index (χ0v) is 21.2. The summed E-state index contributed by atoms with van der Waals surface area (Å²) in [6.07, 6.45) is -0.538. The minimum absolute atomic E-state index is 0. The molecule has 156 valence electrons. The van der Waals surface area contributed by atoms with E-state index < -0.39 is 17.8 Å². The molecule has 1 unspecified atom stereocenters. The Kier molecular flexibility index (Phi) is 10.2. The summed E-state index contributed by atoms with van der Waals surface area (Å²) < 4.78 is 40.9. The van der Waals surface area contributed by atoms with Gasteiger partial charge in [0.1, 0.15) is 0 Å². The fraction of sp³-hybridized carbons (Fsp3) is 0.250. The van der Waals surface area contributed by atoms with E-state index in [4.69, 9.17) is 0 Å². The first-order valence-corrected chi connectivity index (χ1v) is 9.13. The first-order valence-electron chi connectivity index (χ1n) is 9.13. The molecule has 3 rings (SSSR count). The predicted octanol–water partition coefficient (Wildman–Crippen LogP) is 5.35. The van der Waals surface area contributed by atoms with E-state index in [1.807, 2.05) is 17.9 Å². The van der Waals surface area contributed by atoms with Gasteiger partial charge in [-0.3, -0.25) is 6.42 Å². The quantitative estimate of drug-likeness (QED) is 0.363. The zero-order valence-electron chi connectivity index (χ0n) is 17.0. The standard InChI is InChI=1S/C23H21F3NO.CH3.U/c1-2-6-19(27-14-13-20(28)16-27)11-9-17-10-12-21(18-7-4-3-5-8-18)22(15-17)23(24,25)26;;/h3-8,10,12-13,15,20,28H,2,14,16H2,1H3;1H3;/q2*-1;+2/b19-6+;;. The number of benzene rings is 2. The molecule has 2 aromatic rings. The van der Waals surface area contributed by atoms with Gasteiger partial charge < -0.3 is 17.4 Å². The molecular formula is C24H24F3NOU. The van der Waals surface area contributed by atoms with Crippen LogP contribution in [0.2, 0.25) is 0 Å². The normalized spacial score (nSPS) is 16.2. The van der Waals surface area contributed by atoms with Crippen molar-refractivity contribution >= 4 is 0 Å². The van der Waals surface area contributed by atoms with E-state index in [0.717, 1.165) is 18.2 Å². The largest absolute Gasteiger partial charge is 2.00 e. The molecule has 1 heterocycles. The minimum atomic E-state index is -4.47. The van der Waals surface area contributed by atoms with E-state index in [2.05, 4.69) is 11.8 Å². The molecule has 1 aliphatic rings. The van der Waals surface area contributed by atoms with Gasteiger partial charge in [0, 0.05) is 12.1 Å². The SMILES string of the molecule is CC/C=C(\C#Cc1ccc(-c2ccccc2)c(C(F)(F)F)c1)N1C[CH-]C(O)C1.[CH3-].[U+2]. The summed E-state index contributed by atoms with van der Waals surface area (Å²) in [6.45, 7) is 2.98. The van der Waals surface area contributed by atoms with Gasteiger partial charge in [-0.1, -0.05) is 55.3 Å². The van der Waals surface area contributed by atoms with Crippen LogP contribution < -0.4 is 0 Å². The second-order valence-corrected chi connectivity index (χ2v) is 6.58. The van der Waals surface area contributed by atoms with E-state index in [9.17, 15) is 18.3 Å². The Bertz CT molecular complexity index is 914. The predicted molar refractivity (Wildman–Crippen MR) is 110 cm³/mol. The Hall–Kier alpha value is -1.66. The number of hydrogen-bond acceptors (Lipinski definition) is 2. The van der Waals surface area contributed by atoms with Crippen molar-refractivity contribution in [1.82, 2.24) is 4.90 Å². The monoisotopic (exact) mass is 637 g/mol. The Morgan fingerprint density at radius 3 is 2.50 bits per heavy atom. The number of halogens is 3. The summed E-state index contributed by atoms with van der Waals surface area (Å²) in [7, 11) is 0. The van der Waals surface area contributed by atoms with Crippen molar-refractivity contribution < 1.29 is 49.4 Å². The molecule has 1 N–H and O–H groups in total. The average molecular weight is 637 g/mol. The number of rotatable bonds is 3. The third-order valence-corrected chi connectivity index (χ3v) is 4.49. The molecule has 0 bridgehead atoms. The second kappa shape index (κ2) is 11.7. The van der Waals surface area contributed by atoms with Crippen LogP contribution in [0.5, 0.6) is 0 Å². The average Bonchev–Trinajstić information content (AvgIpc) is 3.11. The van der Waals surface area contributed by atoms with Gasteiger partial charge in [-0.2, -0.15) is 13.2 Å². The Balaban J connectivity index is 0.00000225. The van der Waals surface area contributed by atoms with Gasteiger partial charge >= 0.3 is 37.3 Å². The third kappa shape index (κ3) is 6.68. The molecule has 2 nitrogen and oxygen atoms in total. The maximum atomic E-state index is 13.6. The second-order valence-electron chi connectivity index (χ2n) is 6.58. The summed E-state index contributed by atoms with van der Waals surface area (Å²) in [5, 5.41) is 9.67. The first-order chi connectivity index (χ1) is 13.4. The molecular weight excluding hydrogens is 613 g/mol. The van der Waals surface area contributed by atoms with Crippen LogP contribution in [0.3, 0.4) is 0 Å². The van der Waals surface area contributed by atoms with Gasteiger partial charge in [-0.05, 0) is 41.7 Å². The molecule has 1 fully saturated rings. The van der Waals surface area contributed by atoms with Gasteiger partial charge in [0.05, 0.1) is 11.3 Å². The number of aliphatic hydroxyl groups is 1. The number of likely N-dealkylation sites (tertiary alicyclic amines) is 1. The van der Waals surface area contributed by atoms with Crippen molar-refractivity contribution in [3.05, 3.63) is 85.3 Å². The van der Waals surface area contributed by atoms with Crippen LogP contribution in [0.4, 0.5) is 13.2 Å². The first kappa shape index (κ1) is 26.4. The number of aliphatic hydroxyl groups excluding tert-OH is 1. The summed E-state index contributed by atoms with van der Waals surface area (Å²) in [5.74, 6) is 5.83. The van der Waals surface area contributed by atoms with Crippen molar-refractivity contribution in [2.24, 2.45) is 0 Å². The minimum Gasteiger partial charge on any atom is -0.423 e. The van der Waals surface area contributed by atoms with E-state index in [-0.39, 0.29) is 44.1 Å². The van der Waals surface area contributed by atoms with Crippen LogP contribution in [-0.2, 0) is 6.18 Å². The van der Waals surface area contributed by atoms with Gasteiger partial charge in [0.25, 0.3) is 0 Å². The third-order valence-electron chi connectivity index (χ3n) is 4.49. The topological polar surface area (TPSA) is 23.5 Å². The van der Waals surface area contributed by atoms with Crippen LogP contribution >= 0.6 is 0 Å². The molecule has 1 atom stereocenters. The smallest absolute Gasteiger partial charge is 0.423 e. The summed E-state index contributed by atoms with van der Waals surface area (Å²) >= 11 is 0. The van der Waals surface area contributed by atoms with Crippen LogP contribution in [0.15, 0.2) is 60.3 Å². The van der Waals surface area contributed by atoms with E-state index >= 15 is 0 Å². The molecule has 0 radical (unpaired) electrons. The molecule has 0 amide bonds. The van der Waals surface area contributed by atoms with Gasteiger partial charge in [0.15, 0.2) is 0 Å². The number of allylic oxidation sites excluding steroid dienone is 2. The fourth-order valence-electron chi connectivity index (χ4n) is 3.14. The van der Waals surface area contributed by atoms with Gasteiger partial charge in [-0.15, -0.1) is 6.54 Å². The van der Waals surface area contributed by atoms with Crippen molar-refractivity contribution in [3.8, 4) is 23.0 Å². The molecule has 0 aliphatic carbocycles. The van der Waals surface area contributed by atoms with Crippen LogP contribution in [0.25, 0.3) is 11.1 Å². The number of nitrogens with zero attached hydrogens (tertiary/aromatic N) is 1. The van der Waals surface area contributed by atoms with E-state index in [1.54, 1.807) is 42.8 Å². The van der Waals surface area contributed by atoms with E-state index in [0.29, 0.717) is 24.2 Å². The molecule has 1 saturated heterocycles. The molecule has 30 heavy (non-hydrogen) atoms. The fourth-order valence-corrected chi connectivity index (χ4v) is 3.14. The maximum absolute atomic E-state index is 13.6.